The molecule has 0 aliphatic heterocycles. The molecule has 1 unspecified atom stereocenters. The smallest absolute Gasteiger partial charge is 0.386 e. The summed E-state index contributed by atoms with van der Waals surface area (Å²) >= 11 is 0. The normalized spacial score (nSPS) is 11.7. The van der Waals surface area contributed by atoms with E-state index in [1.165, 1.54) is 18.2 Å². The van der Waals surface area contributed by atoms with Gasteiger partial charge in [0.15, 0.2) is 0 Å². The SMILES string of the molecule is Cc1ccnc(NCCCC(=O)NCC(=O)NC(CC(=O)OC(=O)C(F)(F)F)c2cccc(-c3ccccc3)c2F)c1. The van der Waals surface area contributed by atoms with Crippen LogP contribution in [0.25, 0.3) is 11.1 Å². The van der Waals surface area contributed by atoms with E-state index in [1.807, 2.05) is 19.1 Å². The van der Waals surface area contributed by atoms with Crippen LogP contribution in [0.15, 0.2) is 66.9 Å². The Morgan fingerprint density at radius 1 is 0.976 bits per heavy atom. The number of halogens is 4. The molecule has 42 heavy (non-hydrogen) atoms. The van der Waals surface area contributed by atoms with Gasteiger partial charge in [-0.15, -0.1) is 0 Å². The van der Waals surface area contributed by atoms with Gasteiger partial charge in [-0.2, -0.15) is 13.2 Å². The Morgan fingerprint density at radius 2 is 1.71 bits per heavy atom. The molecule has 1 heterocycles. The minimum atomic E-state index is -5.43. The average molecular weight is 589 g/mol. The summed E-state index contributed by atoms with van der Waals surface area (Å²) in [6.45, 7) is 1.79. The molecular weight excluding hydrogens is 560 g/mol. The number of carbonyl (C=O) groups excluding carboxylic acids is 4. The maximum absolute atomic E-state index is 15.6. The second-order valence-electron chi connectivity index (χ2n) is 9.18. The third kappa shape index (κ3) is 9.68. The Bertz CT molecular complexity index is 1420. The van der Waals surface area contributed by atoms with E-state index in [9.17, 15) is 32.3 Å². The van der Waals surface area contributed by atoms with Crippen LogP contribution in [0.4, 0.5) is 23.4 Å². The van der Waals surface area contributed by atoms with Crippen LogP contribution in [0.2, 0.25) is 0 Å². The van der Waals surface area contributed by atoms with E-state index in [1.54, 1.807) is 36.5 Å². The third-order valence-electron chi connectivity index (χ3n) is 5.88. The fourth-order valence-electron chi connectivity index (χ4n) is 3.88. The molecule has 3 rings (SSSR count). The van der Waals surface area contributed by atoms with Gasteiger partial charge in [0.2, 0.25) is 11.8 Å². The number of amides is 2. The van der Waals surface area contributed by atoms with Crippen LogP contribution in [0.1, 0.15) is 36.4 Å². The number of aryl methyl sites for hydroxylation is 1. The topological polar surface area (TPSA) is 126 Å². The fraction of sp³-hybridized carbons (Fsp3) is 0.276. The van der Waals surface area contributed by atoms with Gasteiger partial charge in [-0.1, -0.05) is 48.5 Å². The van der Waals surface area contributed by atoms with E-state index in [-0.39, 0.29) is 17.5 Å². The number of nitrogens with one attached hydrogen (secondary N) is 3. The van der Waals surface area contributed by atoms with E-state index in [0.29, 0.717) is 24.3 Å². The largest absolute Gasteiger partial charge is 0.491 e. The summed E-state index contributed by atoms with van der Waals surface area (Å²) in [5.41, 5.74) is 1.36. The van der Waals surface area contributed by atoms with Crippen LogP contribution in [-0.2, 0) is 23.9 Å². The highest BCUT2D eigenvalue weighted by atomic mass is 19.4. The molecule has 3 aromatic rings. The molecule has 2 amide bonds. The van der Waals surface area contributed by atoms with Crippen LogP contribution >= 0.6 is 0 Å². The lowest BCUT2D eigenvalue weighted by Crippen LogP contribution is -2.40. The minimum Gasteiger partial charge on any atom is -0.386 e. The molecule has 0 fully saturated rings. The van der Waals surface area contributed by atoms with Gasteiger partial charge < -0.3 is 20.7 Å². The number of benzene rings is 2. The quantitative estimate of drug-likeness (QED) is 0.124. The molecule has 2 aromatic carbocycles. The van der Waals surface area contributed by atoms with Crippen LogP contribution in [0.5, 0.6) is 0 Å². The first-order valence-electron chi connectivity index (χ1n) is 12.8. The summed E-state index contributed by atoms with van der Waals surface area (Å²) < 4.78 is 57.1. The predicted octanol–water partition coefficient (Wildman–Crippen LogP) is 4.38. The van der Waals surface area contributed by atoms with Crippen molar-refractivity contribution in [3.63, 3.8) is 0 Å². The molecule has 9 nitrogen and oxygen atoms in total. The van der Waals surface area contributed by atoms with Crippen molar-refractivity contribution in [3.8, 4) is 11.1 Å². The molecule has 1 atom stereocenters. The van der Waals surface area contributed by atoms with Crippen molar-refractivity contribution < 1.29 is 41.5 Å². The summed E-state index contributed by atoms with van der Waals surface area (Å²) in [5.74, 6) is -5.88. The number of ether oxygens (including phenoxy) is 1. The van der Waals surface area contributed by atoms with Crippen LogP contribution in [0.3, 0.4) is 0 Å². The summed E-state index contributed by atoms with van der Waals surface area (Å²) in [4.78, 5) is 52.3. The van der Waals surface area contributed by atoms with Crippen LogP contribution in [0, 0.1) is 12.7 Å². The second-order valence-corrected chi connectivity index (χ2v) is 9.18. The zero-order chi connectivity index (χ0) is 30.7. The van der Waals surface area contributed by atoms with Gasteiger partial charge in [0.05, 0.1) is 19.0 Å². The van der Waals surface area contributed by atoms with Crippen LogP contribution < -0.4 is 16.0 Å². The Hall–Kier alpha value is -4.81. The van der Waals surface area contributed by atoms with Crippen LogP contribution in [-0.4, -0.2) is 48.0 Å². The molecule has 0 radical (unpaired) electrons. The summed E-state index contributed by atoms with van der Waals surface area (Å²) in [6.07, 6.45) is -4.29. The maximum atomic E-state index is 15.6. The van der Waals surface area contributed by atoms with Gasteiger partial charge in [0.1, 0.15) is 11.6 Å². The molecule has 0 aliphatic carbocycles. The zero-order valence-corrected chi connectivity index (χ0v) is 22.5. The van der Waals surface area contributed by atoms with E-state index in [2.05, 4.69) is 25.7 Å². The van der Waals surface area contributed by atoms with Crippen molar-refractivity contribution in [3.05, 3.63) is 83.8 Å². The van der Waals surface area contributed by atoms with Crippen molar-refractivity contribution in [1.29, 1.82) is 0 Å². The molecule has 0 saturated heterocycles. The van der Waals surface area contributed by atoms with Gasteiger partial charge in [0.25, 0.3) is 0 Å². The highest BCUT2D eigenvalue weighted by molar-refractivity contribution is 5.89. The monoisotopic (exact) mass is 588 g/mol. The molecule has 13 heteroatoms. The molecule has 0 aliphatic rings. The summed E-state index contributed by atoms with van der Waals surface area (Å²) in [6, 6.07) is 14.6. The molecule has 3 N–H and O–H groups in total. The number of anilines is 1. The van der Waals surface area contributed by atoms with E-state index >= 15 is 4.39 Å². The number of alkyl halides is 3. The summed E-state index contributed by atoms with van der Waals surface area (Å²) in [7, 11) is 0. The Labute approximate surface area is 238 Å². The van der Waals surface area contributed by atoms with E-state index in [0.717, 1.165) is 5.56 Å². The second kappa shape index (κ2) is 14.7. The van der Waals surface area contributed by atoms with E-state index < -0.39 is 54.8 Å². The number of hydrogen-bond donors (Lipinski definition) is 3. The van der Waals surface area contributed by atoms with Crippen molar-refractivity contribution in [2.24, 2.45) is 0 Å². The molecule has 222 valence electrons. The molecule has 0 spiro atoms. The molecular formula is C29H28F4N4O5. The van der Waals surface area contributed by atoms with Gasteiger partial charge in [0, 0.05) is 30.3 Å². The first-order valence-corrected chi connectivity index (χ1v) is 12.8. The standard InChI is InChI=1S/C29H28F4N4O5/c1-18-12-14-35-23(15-18)34-13-6-11-24(38)36-17-25(39)37-22(16-26(40)42-28(41)29(31,32)33)21-10-5-9-20(27(21)30)19-7-3-2-4-8-19/h2-5,7-10,12,14-15,22H,6,11,13,16-17H2,1H3,(H,34,35)(H,36,38)(H,37,39). The van der Waals surface area contributed by atoms with Gasteiger partial charge >= 0.3 is 18.1 Å². The Balaban J connectivity index is 1.64. The molecule has 0 bridgehead atoms. The van der Waals surface area contributed by atoms with Gasteiger partial charge in [-0.25, -0.2) is 14.2 Å². The number of esters is 2. The van der Waals surface area contributed by atoms with Gasteiger partial charge in [-0.05, 0) is 36.6 Å². The zero-order valence-electron chi connectivity index (χ0n) is 22.5. The average Bonchev–Trinajstić information content (AvgIpc) is 2.94. The highest BCUT2D eigenvalue weighted by Gasteiger charge is 2.42. The predicted molar refractivity (Wildman–Crippen MR) is 144 cm³/mol. The number of nitrogens with zero attached hydrogens (tertiary/aromatic N) is 1. The molecule has 1 aromatic heterocycles. The Kier molecular flexibility index (Phi) is 11.1. The van der Waals surface area contributed by atoms with Crippen molar-refractivity contribution in [1.82, 2.24) is 15.6 Å². The lowest BCUT2D eigenvalue weighted by Gasteiger charge is -2.20. The summed E-state index contributed by atoms with van der Waals surface area (Å²) in [5, 5.41) is 7.80. The third-order valence-corrected chi connectivity index (χ3v) is 5.88. The first-order chi connectivity index (χ1) is 19.9. The Morgan fingerprint density at radius 3 is 2.40 bits per heavy atom. The highest BCUT2D eigenvalue weighted by Crippen LogP contribution is 2.30. The van der Waals surface area contributed by atoms with Crippen molar-refractivity contribution in [2.75, 3.05) is 18.4 Å². The maximum Gasteiger partial charge on any atom is 0.491 e. The first kappa shape index (κ1) is 31.7. The fourth-order valence-corrected chi connectivity index (χ4v) is 3.88. The minimum absolute atomic E-state index is 0.0646. The van der Waals surface area contributed by atoms with Crippen molar-refractivity contribution >= 4 is 29.6 Å². The van der Waals surface area contributed by atoms with E-state index in [4.69, 9.17) is 0 Å². The lowest BCUT2D eigenvalue weighted by molar-refractivity contribution is -0.202. The number of aromatic nitrogens is 1. The van der Waals surface area contributed by atoms with Crippen molar-refractivity contribution in [2.45, 2.75) is 38.4 Å². The number of hydrogen-bond acceptors (Lipinski definition) is 7. The number of rotatable bonds is 12. The number of carbonyl (C=O) groups is 4. The number of pyridine rings is 1. The van der Waals surface area contributed by atoms with Gasteiger partial charge in [-0.3, -0.25) is 14.4 Å². The molecule has 0 saturated carbocycles. The lowest BCUT2D eigenvalue weighted by atomic mass is 9.96.